The van der Waals surface area contributed by atoms with Gasteiger partial charge in [0.25, 0.3) is 17.5 Å². The molecule has 2 amide bonds. The van der Waals surface area contributed by atoms with E-state index in [4.69, 9.17) is 12.2 Å². The summed E-state index contributed by atoms with van der Waals surface area (Å²) in [6, 6.07) is 16.9. The summed E-state index contributed by atoms with van der Waals surface area (Å²) in [7, 11) is 0. The van der Waals surface area contributed by atoms with E-state index in [-0.39, 0.29) is 16.4 Å². The molecule has 0 spiro atoms. The fourth-order valence-electron chi connectivity index (χ4n) is 3.68. The molecule has 1 aliphatic rings. The van der Waals surface area contributed by atoms with Gasteiger partial charge in [-0.25, -0.2) is 0 Å². The second-order valence-corrected chi connectivity index (χ2v) is 7.62. The van der Waals surface area contributed by atoms with E-state index < -0.39 is 16.7 Å². The Morgan fingerprint density at radius 2 is 1.66 bits per heavy atom. The molecule has 1 N–H and O–H groups in total. The van der Waals surface area contributed by atoms with Crippen LogP contribution < -0.4 is 10.2 Å². The van der Waals surface area contributed by atoms with Crippen LogP contribution in [-0.4, -0.2) is 26.4 Å². The summed E-state index contributed by atoms with van der Waals surface area (Å²) in [5, 5.41) is 13.5. The van der Waals surface area contributed by atoms with Gasteiger partial charge in [0, 0.05) is 29.2 Å². The monoisotopic (exact) mass is 446 g/mol. The number of hydrogen-bond donors (Lipinski definition) is 1. The van der Waals surface area contributed by atoms with Gasteiger partial charge in [-0.3, -0.25) is 29.9 Å². The van der Waals surface area contributed by atoms with Gasteiger partial charge in [0.15, 0.2) is 5.11 Å². The normalized spacial score (nSPS) is 15.2. The lowest BCUT2D eigenvalue weighted by Gasteiger charge is -2.28. The number of carbonyl (C=O) groups excluding carboxylic acids is 2. The summed E-state index contributed by atoms with van der Waals surface area (Å²) in [5.41, 5.74) is 3.57. The van der Waals surface area contributed by atoms with Crippen LogP contribution in [0.1, 0.15) is 17.0 Å². The summed E-state index contributed by atoms with van der Waals surface area (Å²) < 4.78 is 1.90. The van der Waals surface area contributed by atoms with Crippen molar-refractivity contribution >= 4 is 46.6 Å². The molecule has 0 bridgehead atoms. The second kappa shape index (κ2) is 8.20. The summed E-state index contributed by atoms with van der Waals surface area (Å²) in [6.45, 7) is 3.73. The van der Waals surface area contributed by atoms with Crippen LogP contribution >= 0.6 is 12.2 Å². The fraction of sp³-hybridized carbons (Fsp3) is 0.0870. The van der Waals surface area contributed by atoms with Crippen LogP contribution in [0.25, 0.3) is 11.8 Å². The molecular weight excluding hydrogens is 428 g/mol. The van der Waals surface area contributed by atoms with Crippen molar-refractivity contribution < 1.29 is 14.5 Å². The Morgan fingerprint density at radius 3 is 2.28 bits per heavy atom. The predicted molar refractivity (Wildman–Crippen MR) is 125 cm³/mol. The van der Waals surface area contributed by atoms with Gasteiger partial charge < -0.3 is 4.57 Å². The lowest BCUT2D eigenvalue weighted by atomic mass is 10.1. The summed E-state index contributed by atoms with van der Waals surface area (Å²) in [4.78, 5) is 37.5. The Hall–Kier alpha value is -4.11. The molecule has 4 rings (SSSR count). The fourth-order valence-corrected chi connectivity index (χ4v) is 3.96. The van der Waals surface area contributed by atoms with Crippen LogP contribution in [0.3, 0.4) is 0 Å². The highest BCUT2D eigenvalue weighted by atomic mass is 32.1. The van der Waals surface area contributed by atoms with Gasteiger partial charge in [-0.2, -0.15) is 0 Å². The van der Waals surface area contributed by atoms with Crippen molar-refractivity contribution in [1.82, 2.24) is 9.88 Å². The quantitative estimate of drug-likeness (QED) is 0.216. The van der Waals surface area contributed by atoms with E-state index in [9.17, 15) is 19.7 Å². The average Bonchev–Trinajstić information content (AvgIpc) is 3.04. The van der Waals surface area contributed by atoms with Crippen molar-refractivity contribution in [1.29, 1.82) is 0 Å². The minimum Gasteiger partial charge on any atom is -0.318 e. The standard InChI is InChI=1S/C23H18N4O4S/c1-14-12-16(15(2)25(14)18-8-10-19(11-9-18)27(30)31)13-20-21(28)24-23(32)26(22(20)29)17-6-4-3-5-7-17/h3-13H,1-2H3,(H,24,28,32)/b20-13+. The van der Waals surface area contributed by atoms with E-state index in [1.807, 2.05) is 30.5 Å². The number of aromatic nitrogens is 1. The number of benzene rings is 2. The Labute approximate surface area is 188 Å². The number of nitro groups is 1. The summed E-state index contributed by atoms with van der Waals surface area (Å²) >= 11 is 5.22. The van der Waals surface area contributed by atoms with Crippen molar-refractivity contribution in [2.24, 2.45) is 0 Å². The zero-order valence-electron chi connectivity index (χ0n) is 17.2. The lowest BCUT2D eigenvalue weighted by Crippen LogP contribution is -2.54. The van der Waals surface area contributed by atoms with Gasteiger partial charge in [-0.05, 0) is 68.0 Å². The number of nitrogens with one attached hydrogen (secondary N) is 1. The molecule has 0 saturated carbocycles. The number of nitro benzene ring substituents is 1. The topological polar surface area (TPSA) is 97.5 Å². The molecule has 32 heavy (non-hydrogen) atoms. The van der Waals surface area contributed by atoms with Gasteiger partial charge in [-0.1, -0.05) is 18.2 Å². The molecule has 160 valence electrons. The van der Waals surface area contributed by atoms with Crippen LogP contribution in [0.15, 0.2) is 66.2 Å². The van der Waals surface area contributed by atoms with Crippen molar-refractivity contribution in [2.45, 2.75) is 13.8 Å². The molecule has 0 atom stereocenters. The van der Waals surface area contributed by atoms with Crippen molar-refractivity contribution in [3.8, 4) is 5.69 Å². The first-order valence-electron chi connectivity index (χ1n) is 9.68. The highest BCUT2D eigenvalue weighted by Crippen LogP contribution is 2.26. The number of hydrogen-bond acceptors (Lipinski definition) is 5. The molecule has 0 unspecified atom stereocenters. The van der Waals surface area contributed by atoms with E-state index in [1.54, 1.807) is 42.5 Å². The van der Waals surface area contributed by atoms with Gasteiger partial charge in [-0.15, -0.1) is 0 Å². The number of carbonyl (C=O) groups is 2. The third-order valence-electron chi connectivity index (χ3n) is 5.20. The molecule has 1 aliphatic heterocycles. The van der Waals surface area contributed by atoms with Crippen LogP contribution in [0.4, 0.5) is 11.4 Å². The third kappa shape index (κ3) is 3.69. The Balaban J connectivity index is 1.74. The zero-order valence-corrected chi connectivity index (χ0v) is 18.1. The lowest BCUT2D eigenvalue weighted by molar-refractivity contribution is -0.384. The number of aryl methyl sites for hydroxylation is 1. The molecule has 8 nitrogen and oxygen atoms in total. The Bertz CT molecular complexity index is 1290. The van der Waals surface area contributed by atoms with E-state index in [2.05, 4.69) is 5.32 Å². The van der Waals surface area contributed by atoms with Gasteiger partial charge in [0.2, 0.25) is 0 Å². The van der Waals surface area contributed by atoms with E-state index in [0.29, 0.717) is 11.3 Å². The van der Waals surface area contributed by atoms with Gasteiger partial charge in [0.05, 0.1) is 10.6 Å². The number of para-hydroxylation sites is 1. The maximum absolute atomic E-state index is 13.2. The molecule has 1 aromatic heterocycles. The predicted octanol–water partition coefficient (Wildman–Crippen LogP) is 3.83. The van der Waals surface area contributed by atoms with Gasteiger partial charge >= 0.3 is 0 Å². The maximum Gasteiger partial charge on any atom is 0.270 e. The molecule has 1 saturated heterocycles. The van der Waals surface area contributed by atoms with Gasteiger partial charge in [0.1, 0.15) is 5.57 Å². The van der Waals surface area contributed by atoms with Crippen molar-refractivity contribution in [2.75, 3.05) is 4.90 Å². The Kier molecular flexibility index (Phi) is 5.41. The first-order chi connectivity index (χ1) is 15.3. The summed E-state index contributed by atoms with van der Waals surface area (Å²) in [5.74, 6) is -1.07. The highest BCUT2D eigenvalue weighted by Gasteiger charge is 2.34. The van der Waals surface area contributed by atoms with Crippen LogP contribution in [0.2, 0.25) is 0 Å². The van der Waals surface area contributed by atoms with E-state index in [1.165, 1.54) is 17.0 Å². The first-order valence-corrected chi connectivity index (χ1v) is 10.1. The maximum atomic E-state index is 13.2. The number of non-ortho nitro benzene ring substituents is 1. The third-order valence-corrected chi connectivity index (χ3v) is 5.49. The van der Waals surface area contributed by atoms with Crippen molar-refractivity contribution in [3.63, 3.8) is 0 Å². The second-order valence-electron chi connectivity index (χ2n) is 7.23. The van der Waals surface area contributed by atoms with Crippen LogP contribution in [0, 0.1) is 24.0 Å². The number of anilines is 1. The summed E-state index contributed by atoms with van der Waals surface area (Å²) in [6.07, 6.45) is 1.54. The number of amides is 2. The highest BCUT2D eigenvalue weighted by molar-refractivity contribution is 7.80. The average molecular weight is 446 g/mol. The number of rotatable bonds is 4. The molecule has 0 aliphatic carbocycles. The van der Waals surface area contributed by atoms with Crippen LogP contribution in [0.5, 0.6) is 0 Å². The smallest absolute Gasteiger partial charge is 0.270 e. The largest absolute Gasteiger partial charge is 0.318 e. The molecule has 9 heteroatoms. The number of nitrogens with zero attached hydrogens (tertiary/aromatic N) is 3. The van der Waals surface area contributed by atoms with Crippen molar-refractivity contribution in [3.05, 3.63) is 93.3 Å². The van der Waals surface area contributed by atoms with E-state index >= 15 is 0 Å². The minimum atomic E-state index is -0.563. The van der Waals surface area contributed by atoms with Crippen LogP contribution in [-0.2, 0) is 9.59 Å². The molecule has 1 fully saturated rings. The molecule has 3 aromatic rings. The molecule has 2 aromatic carbocycles. The number of thiocarbonyl (C=S) groups is 1. The zero-order chi connectivity index (χ0) is 23.0. The Morgan fingerprint density at radius 1 is 1.00 bits per heavy atom. The SMILES string of the molecule is Cc1cc(/C=C2\C(=O)NC(=S)N(c3ccccc3)C2=O)c(C)n1-c1ccc([N+](=O)[O-])cc1. The molecule has 2 heterocycles. The first kappa shape index (κ1) is 21.1. The molecular formula is C23H18N4O4S. The molecule has 0 radical (unpaired) electrons. The van der Waals surface area contributed by atoms with E-state index in [0.717, 1.165) is 17.1 Å². The minimum absolute atomic E-state index is 0.000000501.